The van der Waals surface area contributed by atoms with Crippen LogP contribution in [0.1, 0.15) is 0 Å². The zero-order valence-corrected chi connectivity index (χ0v) is 14.5. The van der Waals surface area contributed by atoms with Gasteiger partial charge in [0.05, 0.1) is 15.2 Å². The molecule has 0 saturated carbocycles. The van der Waals surface area contributed by atoms with Crippen molar-refractivity contribution in [2.24, 2.45) is 0 Å². The quantitative estimate of drug-likeness (QED) is 0.340. The van der Waals surface area contributed by atoms with Crippen LogP contribution < -0.4 is 16.9 Å². The molecule has 1 aromatic heterocycles. The molecule has 7 heteroatoms. The molecule has 126 valence electrons. The molecule has 0 fully saturated rings. The molecule has 0 saturated heterocycles. The van der Waals surface area contributed by atoms with Gasteiger partial charge in [-0.1, -0.05) is 36.4 Å². The maximum atomic E-state index is 11.2. The Hall–Kier alpha value is -3.06. The molecule has 0 bridgehead atoms. The SMILES string of the molecule is Nc1cccc2c(=O)[nH][nH]c(=O)c12.Oc1ccc2ccccc2c1Br. The van der Waals surface area contributed by atoms with Gasteiger partial charge in [0.25, 0.3) is 11.1 Å². The number of H-pyrrole nitrogens is 2. The van der Waals surface area contributed by atoms with Crippen LogP contribution in [0.4, 0.5) is 5.69 Å². The summed E-state index contributed by atoms with van der Waals surface area (Å²) in [5.41, 5.74) is 5.14. The third kappa shape index (κ3) is 3.27. The molecule has 0 aliphatic carbocycles. The Balaban J connectivity index is 0.000000146. The molecule has 3 aromatic carbocycles. The van der Waals surface area contributed by atoms with Crippen LogP contribution >= 0.6 is 15.9 Å². The highest BCUT2D eigenvalue weighted by Crippen LogP contribution is 2.31. The lowest BCUT2D eigenvalue weighted by Crippen LogP contribution is -2.19. The van der Waals surface area contributed by atoms with Crippen molar-refractivity contribution in [1.82, 2.24) is 10.2 Å². The van der Waals surface area contributed by atoms with Gasteiger partial charge in [-0.15, -0.1) is 0 Å². The minimum absolute atomic E-state index is 0.242. The summed E-state index contributed by atoms with van der Waals surface area (Å²) in [7, 11) is 0. The number of aromatic hydroxyl groups is 1. The number of hydrogen-bond acceptors (Lipinski definition) is 4. The third-order valence-corrected chi connectivity index (χ3v) is 4.53. The number of nitrogens with one attached hydrogen (secondary N) is 2. The van der Waals surface area contributed by atoms with Gasteiger partial charge >= 0.3 is 0 Å². The predicted molar refractivity (Wildman–Crippen MR) is 103 cm³/mol. The van der Waals surface area contributed by atoms with E-state index in [2.05, 4.69) is 26.1 Å². The fourth-order valence-corrected chi connectivity index (χ4v) is 2.97. The summed E-state index contributed by atoms with van der Waals surface area (Å²) in [6, 6.07) is 16.3. The number of anilines is 1. The van der Waals surface area contributed by atoms with E-state index in [1.54, 1.807) is 24.3 Å². The van der Waals surface area contributed by atoms with Crippen LogP contribution in [0.3, 0.4) is 0 Å². The number of halogens is 1. The topological polar surface area (TPSA) is 112 Å². The van der Waals surface area contributed by atoms with Gasteiger partial charge in [-0.25, -0.2) is 0 Å². The second-order valence-corrected chi connectivity index (χ2v) is 6.09. The highest BCUT2D eigenvalue weighted by atomic mass is 79.9. The van der Waals surface area contributed by atoms with Crippen LogP contribution in [0.2, 0.25) is 0 Å². The molecule has 0 aliphatic rings. The van der Waals surface area contributed by atoms with Crippen molar-refractivity contribution in [3.63, 3.8) is 0 Å². The van der Waals surface area contributed by atoms with Crippen molar-refractivity contribution in [3.8, 4) is 5.75 Å². The number of phenols is 1. The van der Waals surface area contributed by atoms with Gasteiger partial charge in [0.2, 0.25) is 0 Å². The molecule has 6 nitrogen and oxygen atoms in total. The van der Waals surface area contributed by atoms with Crippen LogP contribution in [0, 0.1) is 0 Å². The lowest BCUT2D eigenvalue weighted by atomic mass is 10.1. The van der Waals surface area contributed by atoms with Crippen molar-refractivity contribution >= 4 is 43.2 Å². The van der Waals surface area contributed by atoms with Crippen molar-refractivity contribution in [2.45, 2.75) is 0 Å². The second kappa shape index (κ2) is 6.82. The summed E-state index contributed by atoms with van der Waals surface area (Å²) in [5, 5.41) is 16.5. The number of hydrogen-bond donors (Lipinski definition) is 4. The summed E-state index contributed by atoms with van der Waals surface area (Å²) < 4.78 is 0.764. The van der Waals surface area contributed by atoms with Gasteiger partial charge in [0.15, 0.2) is 0 Å². The van der Waals surface area contributed by atoms with E-state index in [-0.39, 0.29) is 22.3 Å². The van der Waals surface area contributed by atoms with Crippen molar-refractivity contribution in [2.75, 3.05) is 5.73 Å². The second-order valence-electron chi connectivity index (χ2n) is 5.30. The number of fused-ring (bicyclic) bond motifs is 2. The summed E-state index contributed by atoms with van der Waals surface area (Å²) in [4.78, 5) is 22.4. The number of nitrogen functional groups attached to an aromatic ring is 1. The molecule has 0 atom stereocenters. The molecule has 0 amide bonds. The van der Waals surface area contributed by atoms with Gasteiger partial charge in [-0.2, -0.15) is 0 Å². The fourth-order valence-electron chi connectivity index (χ4n) is 2.48. The first-order chi connectivity index (χ1) is 12.0. The first kappa shape index (κ1) is 16.8. The number of aromatic amines is 2. The molecule has 4 rings (SSSR count). The highest BCUT2D eigenvalue weighted by molar-refractivity contribution is 9.10. The van der Waals surface area contributed by atoms with Crippen molar-refractivity contribution in [3.05, 3.63) is 79.8 Å². The van der Waals surface area contributed by atoms with Crippen LogP contribution in [-0.4, -0.2) is 15.3 Å². The fraction of sp³-hybridized carbons (Fsp3) is 0. The number of benzene rings is 3. The van der Waals surface area contributed by atoms with E-state index >= 15 is 0 Å². The lowest BCUT2D eigenvalue weighted by molar-refractivity contribution is 0.473. The molecule has 0 unspecified atom stereocenters. The summed E-state index contributed by atoms with van der Waals surface area (Å²) in [6.07, 6.45) is 0. The van der Waals surface area contributed by atoms with Gasteiger partial charge in [-0.05, 0) is 44.9 Å². The van der Waals surface area contributed by atoms with Crippen LogP contribution in [0.25, 0.3) is 21.5 Å². The Labute approximate surface area is 150 Å². The van der Waals surface area contributed by atoms with Gasteiger partial charge in [0, 0.05) is 5.69 Å². The normalized spacial score (nSPS) is 10.4. The molecule has 0 radical (unpaired) electrons. The molecule has 25 heavy (non-hydrogen) atoms. The summed E-state index contributed by atoms with van der Waals surface area (Å²) in [6.45, 7) is 0. The first-order valence-corrected chi connectivity index (χ1v) is 8.13. The van der Waals surface area contributed by atoms with Crippen molar-refractivity contribution < 1.29 is 5.11 Å². The molecule has 5 N–H and O–H groups in total. The Kier molecular flexibility index (Phi) is 4.58. The smallest absolute Gasteiger partial charge is 0.272 e. The number of nitrogens with two attached hydrogens (primary N) is 1. The van der Waals surface area contributed by atoms with Crippen LogP contribution in [-0.2, 0) is 0 Å². The Morgan fingerprint density at radius 3 is 2.28 bits per heavy atom. The maximum Gasteiger partial charge on any atom is 0.272 e. The molecular formula is C18H14BrN3O3. The largest absolute Gasteiger partial charge is 0.507 e. The van der Waals surface area contributed by atoms with Crippen LogP contribution in [0.5, 0.6) is 5.75 Å². The lowest BCUT2D eigenvalue weighted by Gasteiger charge is -2.01. The standard InChI is InChI=1S/C10H7BrO.C8H7N3O2/c11-10-8-4-2-1-3-7(8)5-6-9(10)12;9-5-3-1-2-4-6(5)8(13)11-10-7(4)12/h1-6,12H;1-3H,9H2,(H,10,12)(H,11,13). The predicted octanol–water partition coefficient (Wildman–Crippen LogP) is 3.11. The average molecular weight is 400 g/mol. The Morgan fingerprint density at radius 2 is 1.52 bits per heavy atom. The zero-order chi connectivity index (χ0) is 18.0. The number of rotatable bonds is 0. The van der Waals surface area contributed by atoms with E-state index < -0.39 is 0 Å². The zero-order valence-electron chi connectivity index (χ0n) is 12.9. The first-order valence-electron chi connectivity index (χ1n) is 7.34. The third-order valence-electron chi connectivity index (χ3n) is 3.70. The van der Waals surface area contributed by atoms with Crippen molar-refractivity contribution in [1.29, 1.82) is 0 Å². The van der Waals surface area contributed by atoms with Gasteiger partial charge in [-0.3, -0.25) is 19.8 Å². The number of aromatic nitrogens is 2. The Bertz CT molecular complexity index is 1180. The minimum atomic E-state index is -0.382. The highest BCUT2D eigenvalue weighted by Gasteiger charge is 2.04. The summed E-state index contributed by atoms with van der Waals surface area (Å²) in [5.74, 6) is 0.286. The van der Waals surface area contributed by atoms with Crippen LogP contribution in [0.15, 0.2) is 68.7 Å². The maximum absolute atomic E-state index is 11.2. The van der Waals surface area contributed by atoms with E-state index in [9.17, 15) is 14.7 Å². The van der Waals surface area contributed by atoms with Gasteiger partial charge in [0.1, 0.15) is 5.75 Å². The molecular weight excluding hydrogens is 386 g/mol. The van der Waals surface area contributed by atoms with E-state index in [4.69, 9.17) is 5.73 Å². The molecule has 0 spiro atoms. The monoisotopic (exact) mass is 399 g/mol. The molecule has 0 aliphatic heterocycles. The van der Waals surface area contributed by atoms with E-state index in [0.717, 1.165) is 15.2 Å². The number of phenolic OH excluding ortho intramolecular Hbond substituents is 1. The molecule has 1 heterocycles. The Morgan fingerprint density at radius 1 is 0.840 bits per heavy atom. The minimum Gasteiger partial charge on any atom is -0.507 e. The van der Waals surface area contributed by atoms with E-state index in [0.29, 0.717) is 11.1 Å². The average Bonchev–Trinajstić information content (AvgIpc) is 2.62. The summed E-state index contributed by atoms with van der Waals surface area (Å²) >= 11 is 3.33. The van der Waals surface area contributed by atoms with Gasteiger partial charge < -0.3 is 10.8 Å². The van der Waals surface area contributed by atoms with E-state index in [1.165, 1.54) is 0 Å². The molecule has 4 aromatic rings. The van der Waals surface area contributed by atoms with E-state index in [1.807, 2.05) is 30.3 Å².